The number of hydrogen-bond acceptors (Lipinski definition) is 4. The molecule has 5 heteroatoms. The molecule has 1 heterocycles. The molecule has 2 amide bonds. The standard InChI is InChI=1S/C22H23NO4/c1-26-11-3-4-14(15(7-11)27-2)22-6-5-10(9-22)16-12-8-13(19(16)22)18-17(12)20(24)23-21(18)25/h3-7,10,12-13,16-19H,8-9H2,1-2H3,(H,23,24,25). The molecule has 27 heavy (non-hydrogen) atoms. The minimum atomic E-state index is -0.127. The van der Waals surface area contributed by atoms with Crippen molar-refractivity contribution in [2.45, 2.75) is 18.3 Å². The maximum absolute atomic E-state index is 12.5. The molecule has 1 aliphatic heterocycles. The van der Waals surface area contributed by atoms with Gasteiger partial charge in [-0.3, -0.25) is 14.9 Å². The summed E-state index contributed by atoms with van der Waals surface area (Å²) in [5, 5.41) is 2.61. The highest BCUT2D eigenvalue weighted by Crippen LogP contribution is 2.74. The van der Waals surface area contributed by atoms with Crippen molar-refractivity contribution in [3.63, 3.8) is 0 Å². The van der Waals surface area contributed by atoms with E-state index in [1.54, 1.807) is 14.2 Å². The fourth-order valence-corrected chi connectivity index (χ4v) is 7.67. The van der Waals surface area contributed by atoms with Crippen molar-refractivity contribution in [1.82, 2.24) is 5.32 Å². The second-order valence-electron chi connectivity index (χ2n) is 8.91. The topological polar surface area (TPSA) is 64.6 Å². The molecule has 4 bridgehead atoms. The van der Waals surface area contributed by atoms with Crippen molar-refractivity contribution in [1.29, 1.82) is 0 Å². The number of carbonyl (C=O) groups is 2. The summed E-state index contributed by atoms with van der Waals surface area (Å²) < 4.78 is 11.1. The molecule has 4 fully saturated rings. The minimum Gasteiger partial charge on any atom is -0.497 e. The van der Waals surface area contributed by atoms with E-state index in [-0.39, 0.29) is 29.1 Å². The zero-order valence-electron chi connectivity index (χ0n) is 15.5. The van der Waals surface area contributed by atoms with Crippen LogP contribution in [0.3, 0.4) is 0 Å². The number of rotatable bonds is 3. The fraction of sp³-hybridized carbons (Fsp3) is 0.545. The summed E-state index contributed by atoms with van der Waals surface area (Å²) in [5.74, 6) is 3.40. The number of benzene rings is 1. The van der Waals surface area contributed by atoms with Gasteiger partial charge in [-0.05, 0) is 48.5 Å². The largest absolute Gasteiger partial charge is 0.497 e. The molecule has 5 aliphatic rings. The Kier molecular flexibility index (Phi) is 2.88. The van der Waals surface area contributed by atoms with Gasteiger partial charge in [-0.25, -0.2) is 0 Å². The van der Waals surface area contributed by atoms with Crippen molar-refractivity contribution in [3.05, 3.63) is 35.9 Å². The summed E-state index contributed by atoms with van der Waals surface area (Å²) in [6, 6.07) is 6.10. The molecule has 1 aromatic carbocycles. The van der Waals surface area contributed by atoms with Crippen LogP contribution < -0.4 is 14.8 Å². The third-order valence-electron chi connectivity index (χ3n) is 8.29. The van der Waals surface area contributed by atoms with Gasteiger partial charge in [0.15, 0.2) is 0 Å². The molecule has 140 valence electrons. The molecule has 6 rings (SSSR count). The Morgan fingerprint density at radius 3 is 2.59 bits per heavy atom. The molecule has 3 saturated carbocycles. The van der Waals surface area contributed by atoms with E-state index in [9.17, 15) is 9.59 Å². The van der Waals surface area contributed by atoms with Gasteiger partial charge in [0.25, 0.3) is 0 Å². The van der Waals surface area contributed by atoms with Crippen LogP contribution in [0.1, 0.15) is 18.4 Å². The number of carbonyl (C=O) groups excluding carboxylic acids is 2. The lowest BCUT2D eigenvalue weighted by atomic mass is 9.59. The van der Waals surface area contributed by atoms with Gasteiger partial charge < -0.3 is 9.47 Å². The second-order valence-corrected chi connectivity index (χ2v) is 8.91. The first-order valence-electron chi connectivity index (χ1n) is 9.85. The molecule has 8 unspecified atom stereocenters. The highest BCUT2D eigenvalue weighted by molar-refractivity contribution is 6.06. The van der Waals surface area contributed by atoms with Crippen molar-refractivity contribution in [3.8, 4) is 11.5 Å². The van der Waals surface area contributed by atoms with Crippen molar-refractivity contribution < 1.29 is 19.1 Å². The molecule has 5 nitrogen and oxygen atoms in total. The average Bonchev–Trinajstić information content (AvgIpc) is 3.46. The van der Waals surface area contributed by atoms with Gasteiger partial charge in [0.2, 0.25) is 11.8 Å². The van der Waals surface area contributed by atoms with Crippen LogP contribution in [-0.2, 0) is 15.0 Å². The fourth-order valence-electron chi connectivity index (χ4n) is 7.67. The molecular formula is C22H23NO4. The van der Waals surface area contributed by atoms with Gasteiger partial charge in [0.05, 0.1) is 26.1 Å². The Morgan fingerprint density at radius 1 is 1.07 bits per heavy atom. The van der Waals surface area contributed by atoms with Gasteiger partial charge in [0, 0.05) is 17.0 Å². The van der Waals surface area contributed by atoms with Crippen LogP contribution in [0.15, 0.2) is 30.4 Å². The Balaban J connectivity index is 1.48. The van der Waals surface area contributed by atoms with Crippen LogP contribution in [0.5, 0.6) is 11.5 Å². The first-order chi connectivity index (χ1) is 13.1. The number of fused-ring (bicyclic) bond motifs is 12. The quantitative estimate of drug-likeness (QED) is 0.507. The summed E-state index contributed by atoms with van der Waals surface area (Å²) in [6.45, 7) is 0. The van der Waals surface area contributed by atoms with Crippen LogP contribution in [-0.4, -0.2) is 26.0 Å². The van der Waals surface area contributed by atoms with Crippen LogP contribution in [0, 0.1) is 41.4 Å². The smallest absolute Gasteiger partial charge is 0.230 e. The SMILES string of the molecule is COc1ccc(C23C=CC(C2)C2C4CC(C5C(=O)NC(=O)C45)C23)c(OC)c1. The molecule has 0 spiro atoms. The number of imide groups is 1. The molecular weight excluding hydrogens is 342 g/mol. The van der Waals surface area contributed by atoms with Crippen molar-refractivity contribution in [2.75, 3.05) is 14.2 Å². The first kappa shape index (κ1) is 15.7. The van der Waals surface area contributed by atoms with E-state index in [2.05, 4.69) is 23.5 Å². The summed E-state index contributed by atoms with van der Waals surface area (Å²) in [6.07, 6.45) is 6.80. The average molecular weight is 365 g/mol. The summed E-state index contributed by atoms with van der Waals surface area (Å²) in [4.78, 5) is 24.9. The lowest BCUT2D eigenvalue weighted by molar-refractivity contribution is -0.127. The molecule has 8 atom stereocenters. The lowest BCUT2D eigenvalue weighted by Gasteiger charge is -2.43. The Labute approximate surface area is 158 Å². The number of ether oxygens (including phenoxy) is 2. The third kappa shape index (κ3) is 1.67. The van der Waals surface area contributed by atoms with Gasteiger partial charge >= 0.3 is 0 Å². The number of nitrogens with one attached hydrogen (secondary N) is 1. The number of amides is 2. The maximum atomic E-state index is 12.5. The molecule has 1 saturated heterocycles. The summed E-state index contributed by atoms with van der Waals surface area (Å²) in [5.41, 5.74) is 1.11. The second kappa shape index (κ2) is 4.94. The Bertz CT molecular complexity index is 908. The monoisotopic (exact) mass is 365 g/mol. The van der Waals surface area contributed by atoms with Gasteiger partial charge in [-0.1, -0.05) is 18.2 Å². The molecule has 0 aromatic heterocycles. The highest BCUT2D eigenvalue weighted by atomic mass is 16.5. The van der Waals surface area contributed by atoms with Crippen LogP contribution in [0.4, 0.5) is 0 Å². The normalized spacial score (nSPS) is 45.2. The van der Waals surface area contributed by atoms with Crippen molar-refractivity contribution in [2.24, 2.45) is 41.4 Å². The molecule has 0 radical (unpaired) electrons. The zero-order chi connectivity index (χ0) is 18.5. The van der Waals surface area contributed by atoms with Crippen LogP contribution in [0.2, 0.25) is 0 Å². The zero-order valence-corrected chi connectivity index (χ0v) is 15.5. The van der Waals surface area contributed by atoms with E-state index in [1.807, 2.05) is 12.1 Å². The molecule has 4 aliphatic carbocycles. The van der Waals surface area contributed by atoms with E-state index < -0.39 is 0 Å². The first-order valence-corrected chi connectivity index (χ1v) is 9.85. The van der Waals surface area contributed by atoms with Gasteiger partial charge in [-0.2, -0.15) is 0 Å². The number of methoxy groups -OCH3 is 2. The van der Waals surface area contributed by atoms with E-state index in [4.69, 9.17) is 9.47 Å². The number of allylic oxidation sites excluding steroid dienone is 2. The highest BCUT2D eigenvalue weighted by Gasteiger charge is 2.73. The van der Waals surface area contributed by atoms with E-state index in [0.29, 0.717) is 29.6 Å². The third-order valence-corrected chi connectivity index (χ3v) is 8.29. The van der Waals surface area contributed by atoms with E-state index in [0.717, 1.165) is 24.3 Å². The summed E-state index contributed by atoms with van der Waals surface area (Å²) in [7, 11) is 3.37. The Morgan fingerprint density at radius 2 is 1.85 bits per heavy atom. The van der Waals surface area contributed by atoms with Crippen LogP contribution >= 0.6 is 0 Å². The predicted octanol–water partition coefficient (Wildman–Crippen LogP) is 2.30. The van der Waals surface area contributed by atoms with Crippen molar-refractivity contribution >= 4 is 11.8 Å². The van der Waals surface area contributed by atoms with Gasteiger partial charge in [0.1, 0.15) is 11.5 Å². The number of hydrogen-bond donors (Lipinski definition) is 1. The van der Waals surface area contributed by atoms with E-state index >= 15 is 0 Å². The van der Waals surface area contributed by atoms with Crippen LogP contribution in [0.25, 0.3) is 0 Å². The molecule has 1 N–H and O–H groups in total. The predicted molar refractivity (Wildman–Crippen MR) is 97.2 cm³/mol. The molecule has 1 aromatic rings. The van der Waals surface area contributed by atoms with Gasteiger partial charge in [-0.15, -0.1) is 0 Å². The summed E-state index contributed by atoms with van der Waals surface area (Å²) >= 11 is 0. The van der Waals surface area contributed by atoms with E-state index in [1.165, 1.54) is 5.56 Å². The Hall–Kier alpha value is -2.30. The minimum absolute atomic E-state index is 0.0289. The maximum Gasteiger partial charge on any atom is 0.230 e. The lowest BCUT2D eigenvalue weighted by Crippen LogP contribution is -2.43.